The Kier molecular flexibility index (Phi) is 4.98. The number of hydrogen-bond acceptors (Lipinski definition) is 2. The molecule has 1 saturated carbocycles. The van der Waals surface area contributed by atoms with Crippen LogP contribution in [0, 0.1) is 5.41 Å². The van der Waals surface area contributed by atoms with E-state index in [2.05, 4.69) is 43.2 Å². The quantitative estimate of drug-likeness (QED) is 0.831. The fraction of sp³-hybridized carbons (Fsp3) is 0.706. The van der Waals surface area contributed by atoms with Gasteiger partial charge in [-0.3, -0.25) is 4.98 Å². The van der Waals surface area contributed by atoms with E-state index in [9.17, 15) is 0 Å². The molecule has 1 aromatic heterocycles. The van der Waals surface area contributed by atoms with E-state index in [0.29, 0.717) is 17.4 Å². The van der Waals surface area contributed by atoms with Gasteiger partial charge in [0.2, 0.25) is 0 Å². The minimum atomic E-state index is 0.456. The van der Waals surface area contributed by atoms with E-state index in [1.807, 2.05) is 12.4 Å². The molecular formula is C17H28N2. The van der Waals surface area contributed by atoms with Gasteiger partial charge in [0, 0.05) is 18.4 Å². The summed E-state index contributed by atoms with van der Waals surface area (Å²) in [6.07, 6.45) is 10.6. The second kappa shape index (κ2) is 6.51. The zero-order valence-corrected chi connectivity index (χ0v) is 12.7. The predicted octanol–water partition coefficient (Wildman–Crippen LogP) is 4.13. The third kappa shape index (κ3) is 3.36. The highest BCUT2D eigenvalue weighted by atomic mass is 14.9. The van der Waals surface area contributed by atoms with Crippen LogP contribution < -0.4 is 5.32 Å². The first-order valence-corrected chi connectivity index (χ1v) is 7.80. The summed E-state index contributed by atoms with van der Waals surface area (Å²) in [5.41, 5.74) is 1.87. The van der Waals surface area contributed by atoms with Crippen LogP contribution in [0.5, 0.6) is 0 Å². The van der Waals surface area contributed by atoms with Crippen molar-refractivity contribution < 1.29 is 0 Å². The Morgan fingerprint density at radius 2 is 1.89 bits per heavy atom. The maximum atomic E-state index is 4.14. The van der Waals surface area contributed by atoms with Crippen LogP contribution in [0.1, 0.15) is 64.4 Å². The Morgan fingerprint density at radius 1 is 1.26 bits per heavy atom. The summed E-state index contributed by atoms with van der Waals surface area (Å²) >= 11 is 0. The van der Waals surface area contributed by atoms with E-state index in [-0.39, 0.29) is 0 Å². The minimum absolute atomic E-state index is 0.456. The van der Waals surface area contributed by atoms with Crippen molar-refractivity contribution in [2.24, 2.45) is 5.41 Å². The molecule has 0 aromatic carbocycles. The molecule has 1 fully saturated rings. The molecule has 106 valence electrons. The summed E-state index contributed by atoms with van der Waals surface area (Å²) in [6.45, 7) is 8.21. The summed E-state index contributed by atoms with van der Waals surface area (Å²) in [6, 6.07) is 4.92. The Labute approximate surface area is 118 Å². The molecule has 0 aliphatic heterocycles. The molecule has 2 heteroatoms. The highest BCUT2D eigenvalue weighted by molar-refractivity contribution is 5.19. The highest BCUT2D eigenvalue weighted by Gasteiger charge is 2.39. The van der Waals surface area contributed by atoms with Crippen LogP contribution in [0.2, 0.25) is 0 Å². The zero-order chi connectivity index (χ0) is 13.7. The standard InChI is InChI=1S/C17H28N2/c1-4-11-19-16(17(3)9-5-6-10-17)14(2)15-7-12-18-13-8-15/h7-8,12-14,16,19H,4-6,9-11H2,1-3H3. The molecule has 1 aromatic rings. The molecule has 2 rings (SSSR count). The first-order valence-electron chi connectivity index (χ1n) is 7.80. The topological polar surface area (TPSA) is 24.9 Å². The molecular weight excluding hydrogens is 232 g/mol. The monoisotopic (exact) mass is 260 g/mol. The summed E-state index contributed by atoms with van der Waals surface area (Å²) in [7, 11) is 0. The molecule has 2 nitrogen and oxygen atoms in total. The van der Waals surface area contributed by atoms with E-state index in [1.165, 1.54) is 37.7 Å². The van der Waals surface area contributed by atoms with E-state index >= 15 is 0 Å². The third-order valence-corrected chi connectivity index (χ3v) is 4.84. The summed E-state index contributed by atoms with van der Waals surface area (Å²) in [5.74, 6) is 0.553. The number of hydrogen-bond donors (Lipinski definition) is 1. The Hall–Kier alpha value is -0.890. The van der Waals surface area contributed by atoms with Gasteiger partial charge in [-0.2, -0.15) is 0 Å². The van der Waals surface area contributed by atoms with Crippen molar-refractivity contribution in [3.05, 3.63) is 30.1 Å². The number of nitrogens with one attached hydrogen (secondary N) is 1. The molecule has 2 atom stereocenters. The fourth-order valence-corrected chi connectivity index (χ4v) is 3.68. The molecule has 1 N–H and O–H groups in total. The predicted molar refractivity (Wildman–Crippen MR) is 81.3 cm³/mol. The molecule has 19 heavy (non-hydrogen) atoms. The number of pyridine rings is 1. The largest absolute Gasteiger partial charge is 0.313 e. The van der Waals surface area contributed by atoms with Gasteiger partial charge >= 0.3 is 0 Å². The van der Waals surface area contributed by atoms with Gasteiger partial charge in [-0.25, -0.2) is 0 Å². The highest BCUT2D eigenvalue weighted by Crippen LogP contribution is 2.44. The zero-order valence-electron chi connectivity index (χ0n) is 12.7. The SMILES string of the molecule is CCCNC(C(C)c1ccncc1)C1(C)CCCC1. The van der Waals surface area contributed by atoms with Crippen LogP contribution in [0.25, 0.3) is 0 Å². The summed E-state index contributed by atoms with van der Waals surface area (Å²) in [5, 5.41) is 3.83. The second-order valence-corrected chi connectivity index (χ2v) is 6.36. The molecule has 0 radical (unpaired) electrons. The first-order chi connectivity index (χ1) is 9.17. The number of rotatable bonds is 6. The molecule has 1 aliphatic rings. The third-order valence-electron chi connectivity index (χ3n) is 4.84. The normalized spacial score (nSPS) is 21.2. The molecule has 0 spiro atoms. The van der Waals surface area contributed by atoms with Gasteiger partial charge in [-0.1, -0.05) is 33.6 Å². The Morgan fingerprint density at radius 3 is 2.47 bits per heavy atom. The van der Waals surface area contributed by atoms with E-state index < -0.39 is 0 Å². The van der Waals surface area contributed by atoms with Gasteiger partial charge < -0.3 is 5.32 Å². The van der Waals surface area contributed by atoms with Crippen LogP contribution in [-0.4, -0.2) is 17.6 Å². The van der Waals surface area contributed by atoms with Gasteiger partial charge in [0.15, 0.2) is 0 Å². The average Bonchev–Trinajstić information content (AvgIpc) is 2.87. The maximum absolute atomic E-state index is 4.14. The van der Waals surface area contributed by atoms with Crippen LogP contribution in [0.3, 0.4) is 0 Å². The molecule has 1 aliphatic carbocycles. The Balaban J connectivity index is 2.17. The lowest BCUT2D eigenvalue weighted by Gasteiger charge is -2.39. The van der Waals surface area contributed by atoms with Gasteiger partial charge in [0.05, 0.1) is 0 Å². The lowest BCUT2D eigenvalue weighted by molar-refractivity contribution is 0.196. The van der Waals surface area contributed by atoms with Crippen molar-refractivity contribution in [1.29, 1.82) is 0 Å². The lowest BCUT2D eigenvalue weighted by Crippen LogP contribution is -2.46. The molecule has 2 unspecified atom stereocenters. The number of aromatic nitrogens is 1. The number of nitrogens with zero attached hydrogens (tertiary/aromatic N) is 1. The van der Waals surface area contributed by atoms with Crippen molar-refractivity contribution in [2.45, 2.75) is 64.8 Å². The van der Waals surface area contributed by atoms with Gasteiger partial charge in [0.25, 0.3) is 0 Å². The average molecular weight is 260 g/mol. The molecule has 1 heterocycles. The van der Waals surface area contributed by atoms with Crippen molar-refractivity contribution in [2.75, 3.05) is 6.54 Å². The second-order valence-electron chi connectivity index (χ2n) is 6.36. The van der Waals surface area contributed by atoms with Crippen LogP contribution in [0.4, 0.5) is 0 Å². The van der Waals surface area contributed by atoms with Crippen LogP contribution >= 0.6 is 0 Å². The van der Waals surface area contributed by atoms with Gasteiger partial charge in [-0.05, 0) is 54.8 Å². The summed E-state index contributed by atoms with van der Waals surface area (Å²) < 4.78 is 0. The lowest BCUT2D eigenvalue weighted by atomic mass is 9.73. The van der Waals surface area contributed by atoms with Crippen LogP contribution in [0.15, 0.2) is 24.5 Å². The maximum Gasteiger partial charge on any atom is 0.0270 e. The van der Waals surface area contributed by atoms with Crippen molar-refractivity contribution in [1.82, 2.24) is 10.3 Å². The van der Waals surface area contributed by atoms with Gasteiger partial charge in [-0.15, -0.1) is 0 Å². The van der Waals surface area contributed by atoms with E-state index in [1.54, 1.807) is 0 Å². The van der Waals surface area contributed by atoms with E-state index in [4.69, 9.17) is 0 Å². The first kappa shape index (κ1) is 14.5. The van der Waals surface area contributed by atoms with Gasteiger partial charge in [0.1, 0.15) is 0 Å². The van der Waals surface area contributed by atoms with Crippen molar-refractivity contribution in [3.8, 4) is 0 Å². The van der Waals surface area contributed by atoms with E-state index in [0.717, 1.165) is 6.54 Å². The van der Waals surface area contributed by atoms with Crippen molar-refractivity contribution >= 4 is 0 Å². The molecule has 0 saturated heterocycles. The Bertz CT molecular complexity index is 368. The molecule has 0 bridgehead atoms. The fourth-order valence-electron chi connectivity index (χ4n) is 3.68. The van der Waals surface area contributed by atoms with Crippen LogP contribution in [-0.2, 0) is 0 Å². The minimum Gasteiger partial charge on any atom is -0.313 e. The molecule has 0 amide bonds. The van der Waals surface area contributed by atoms with Crippen molar-refractivity contribution in [3.63, 3.8) is 0 Å². The summed E-state index contributed by atoms with van der Waals surface area (Å²) in [4.78, 5) is 4.14. The smallest absolute Gasteiger partial charge is 0.0270 e.